The van der Waals surface area contributed by atoms with Gasteiger partial charge < -0.3 is 10.8 Å². The van der Waals surface area contributed by atoms with Gasteiger partial charge in [-0.25, -0.2) is 0 Å². The monoisotopic (exact) mass is 143 g/mol. The van der Waals surface area contributed by atoms with E-state index in [4.69, 9.17) is 5.73 Å². The van der Waals surface area contributed by atoms with Crippen molar-refractivity contribution in [2.75, 3.05) is 0 Å². The molecule has 1 aliphatic rings. The molecule has 0 bridgehead atoms. The molecule has 0 aromatic rings. The van der Waals surface area contributed by atoms with E-state index in [0.717, 1.165) is 12.8 Å². The normalized spacial score (nSPS) is 47.4. The van der Waals surface area contributed by atoms with Crippen LogP contribution in [0.2, 0.25) is 0 Å². The summed E-state index contributed by atoms with van der Waals surface area (Å²) in [4.78, 5) is 0. The smallest absolute Gasteiger partial charge is 0.0705 e. The van der Waals surface area contributed by atoms with Gasteiger partial charge in [0.1, 0.15) is 0 Å². The van der Waals surface area contributed by atoms with Crippen molar-refractivity contribution >= 4 is 0 Å². The lowest BCUT2D eigenvalue weighted by molar-refractivity contribution is -0.113. The lowest BCUT2D eigenvalue weighted by Crippen LogP contribution is -2.62. The summed E-state index contributed by atoms with van der Waals surface area (Å²) >= 11 is 0. The quantitative estimate of drug-likeness (QED) is 0.572. The molecular weight excluding hydrogens is 126 g/mol. The fourth-order valence-electron chi connectivity index (χ4n) is 1.76. The fraction of sp³-hybridized carbons (Fsp3) is 1.00. The predicted octanol–water partition coefficient (Wildman–Crippen LogP) is 0.885. The number of nitrogens with two attached hydrogens (primary N) is 1. The van der Waals surface area contributed by atoms with E-state index in [1.165, 1.54) is 0 Å². The molecule has 2 heteroatoms. The summed E-state index contributed by atoms with van der Waals surface area (Å²) in [5, 5.41) is 9.74. The standard InChI is InChI=1S/C8H17NO/c1-6(2)8(10)4-7(3,9)5-8/h6,10H,4-5,9H2,1-3H3. The highest BCUT2D eigenvalue weighted by Crippen LogP contribution is 2.43. The van der Waals surface area contributed by atoms with Gasteiger partial charge in [0.2, 0.25) is 0 Å². The van der Waals surface area contributed by atoms with Crippen molar-refractivity contribution in [3.05, 3.63) is 0 Å². The van der Waals surface area contributed by atoms with Crippen molar-refractivity contribution in [1.29, 1.82) is 0 Å². The van der Waals surface area contributed by atoms with E-state index in [1.54, 1.807) is 0 Å². The lowest BCUT2D eigenvalue weighted by Gasteiger charge is -2.51. The molecule has 1 aliphatic carbocycles. The van der Waals surface area contributed by atoms with Crippen molar-refractivity contribution in [2.24, 2.45) is 11.7 Å². The van der Waals surface area contributed by atoms with E-state index in [2.05, 4.69) is 0 Å². The molecule has 3 N–H and O–H groups in total. The first kappa shape index (κ1) is 8.02. The minimum Gasteiger partial charge on any atom is -0.389 e. The van der Waals surface area contributed by atoms with Crippen LogP contribution in [0, 0.1) is 5.92 Å². The summed E-state index contributed by atoms with van der Waals surface area (Å²) in [5.41, 5.74) is 5.19. The maximum absolute atomic E-state index is 9.74. The van der Waals surface area contributed by atoms with Crippen LogP contribution in [0.4, 0.5) is 0 Å². The minimum atomic E-state index is -0.469. The first-order valence-electron chi connectivity index (χ1n) is 3.87. The molecule has 1 saturated carbocycles. The lowest BCUT2D eigenvalue weighted by atomic mass is 9.62. The van der Waals surface area contributed by atoms with Crippen LogP contribution in [0.1, 0.15) is 33.6 Å². The Labute approximate surface area is 62.4 Å². The van der Waals surface area contributed by atoms with E-state index in [1.807, 2.05) is 20.8 Å². The third-order valence-electron chi connectivity index (χ3n) is 2.49. The largest absolute Gasteiger partial charge is 0.389 e. The molecule has 0 unspecified atom stereocenters. The van der Waals surface area contributed by atoms with Crippen molar-refractivity contribution in [3.8, 4) is 0 Å². The second-order valence-corrected chi connectivity index (χ2v) is 4.27. The summed E-state index contributed by atoms with van der Waals surface area (Å²) in [6.45, 7) is 6.06. The zero-order chi connectivity index (χ0) is 7.99. The Morgan fingerprint density at radius 3 is 1.90 bits per heavy atom. The highest BCUT2D eigenvalue weighted by Gasteiger charge is 2.50. The van der Waals surface area contributed by atoms with Gasteiger partial charge in [-0.1, -0.05) is 13.8 Å². The molecule has 1 rings (SSSR count). The molecule has 1 fully saturated rings. The van der Waals surface area contributed by atoms with E-state index in [9.17, 15) is 5.11 Å². The molecule has 10 heavy (non-hydrogen) atoms. The number of rotatable bonds is 1. The second-order valence-electron chi connectivity index (χ2n) is 4.27. The molecule has 60 valence electrons. The summed E-state index contributed by atoms with van der Waals surface area (Å²) in [6, 6.07) is 0. The van der Waals surface area contributed by atoms with Crippen LogP contribution in [0.5, 0.6) is 0 Å². The fourth-order valence-corrected chi connectivity index (χ4v) is 1.76. The van der Waals surface area contributed by atoms with Crippen LogP contribution in [0.15, 0.2) is 0 Å². The molecule has 0 atom stereocenters. The van der Waals surface area contributed by atoms with E-state index >= 15 is 0 Å². The van der Waals surface area contributed by atoms with Crippen LogP contribution in [0.3, 0.4) is 0 Å². The summed E-state index contributed by atoms with van der Waals surface area (Å²) in [5.74, 6) is 0.337. The van der Waals surface area contributed by atoms with Crippen molar-refractivity contribution < 1.29 is 5.11 Å². The second kappa shape index (κ2) is 1.95. The molecule has 2 nitrogen and oxygen atoms in total. The summed E-state index contributed by atoms with van der Waals surface area (Å²) < 4.78 is 0. The Morgan fingerprint density at radius 2 is 1.80 bits per heavy atom. The Balaban J connectivity index is 2.50. The van der Waals surface area contributed by atoms with Gasteiger partial charge in [-0.15, -0.1) is 0 Å². The van der Waals surface area contributed by atoms with Gasteiger partial charge in [-0.3, -0.25) is 0 Å². The molecule has 0 spiro atoms. The maximum atomic E-state index is 9.74. The molecule has 0 aromatic carbocycles. The average molecular weight is 143 g/mol. The molecular formula is C8H17NO. The molecule has 0 aromatic heterocycles. The van der Waals surface area contributed by atoms with Gasteiger partial charge in [0.15, 0.2) is 0 Å². The zero-order valence-corrected chi connectivity index (χ0v) is 7.02. The van der Waals surface area contributed by atoms with Crippen LogP contribution in [-0.4, -0.2) is 16.2 Å². The van der Waals surface area contributed by atoms with Crippen LogP contribution >= 0.6 is 0 Å². The molecule has 0 aliphatic heterocycles. The third kappa shape index (κ3) is 1.18. The molecule has 0 heterocycles. The van der Waals surface area contributed by atoms with Crippen molar-refractivity contribution in [1.82, 2.24) is 0 Å². The SMILES string of the molecule is CC(C)C1(O)CC(C)(N)C1. The number of aliphatic hydroxyl groups is 1. The van der Waals surface area contributed by atoms with Gasteiger partial charge in [0.05, 0.1) is 5.60 Å². The van der Waals surface area contributed by atoms with Gasteiger partial charge in [-0.2, -0.15) is 0 Å². The minimum absolute atomic E-state index is 0.112. The first-order chi connectivity index (χ1) is 4.36. The zero-order valence-electron chi connectivity index (χ0n) is 7.02. The molecule has 0 radical (unpaired) electrons. The third-order valence-corrected chi connectivity index (χ3v) is 2.49. The van der Waals surface area contributed by atoms with Crippen molar-refractivity contribution in [2.45, 2.75) is 44.8 Å². The molecule has 0 amide bonds. The first-order valence-corrected chi connectivity index (χ1v) is 3.87. The number of hydrogen-bond acceptors (Lipinski definition) is 2. The average Bonchev–Trinajstić information content (AvgIpc) is 1.59. The van der Waals surface area contributed by atoms with Crippen LogP contribution in [-0.2, 0) is 0 Å². The van der Waals surface area contributed by atoms with Crippen LogP contribution in [0.25, 0.3) is 0 Å². The van der Waals surface area contributed by atoms with Gasteiger partial charge in [0, 0.05) is 5.54 Å². The van der Waals surface area contributed by atoms with Gasteiger partial charge in [-0.05, 0) is 25.7 Å². The van der Waals surface area contributed by atoms with E-state index in [-0.39, 0.29) is 5.54 Å². The Hall–Kier alpha value is -0.0800. The van der Waals surface area contributed by atoms with E-state index < -0.39 is 5.60 Å². The summed E-state index contributed by atoms with van der Waals surface area (Å²) in [6.07, 6.45) is 1.50. The van der Waals surface area contributed by atoms with Gasteiger partial charge >= 0.3 is 0 Å². The molecule has 0 saturated heterocycles. The highest BCUT2D eigenvalue weighted by molar-refractivity contribution is 5.06. The van der Waals surface area contributed by atoms with Crippen LogP contribution < -0.4 is 5.73 Å². The topological polar surface area (TPSA) is 46.2 Å². The Kier molecular flexibility index (Phi) is 1.57. The Morgan fingerprint density at radius 1 is 1.40 bits per heavy atom. The van der Waals surface area contributed by atoms with Gasteiger partial charge in [0.25, 0.3) is 0 Å². The number of hydrogen-bond donors (Lipinski definition) is 2. The highest BCUT2D eigenvalue weighted by atomic mass is 16.3. The van der Waals surface area contributed by atoms with Crippen molar-refractivity contribution in [3.63, 3.8) is 0 Å². The Bertz CT molecular complexity index is 132. The maximum Gasteiger partial charge on any atom is 0.0705 e. The predicted molar refractivity (Wildman–Crippen MR) is 41.6 cm³/mol. The van der Waals surface area contributed by atoms with E-state index in [0.29, 0.717) is 5.92 Å². The summed E-state index contributed by atoms with van der Waals surface area (Å²) in [7, 11) is 0.